The number of urea groups is 1. The van der Waals surface area contributed by atoms with Gasteiger partial charge in [-0.25, -0.2) is 4.79 Å². The molecule has 0 fully saturated rings. The summed E-state index contributed by atoms with van der Waals surface area (Å²) in [4.78, 5) is 22.3. The standard InChI is InChI=1S/C12H16N2O4/c1-2-18-11(16)8-14-12(17)13-7-9-3-5-10(15)6-4-9/h3-6,15H,2,7-8H2,1H3,(H2,13,14,17). The molecule has 2 amide bonds. The lowest BCUT2D eigenvalue weighted by Gasteiger charge is -2.07. The van der Waals surface area contributed by atoms with Gasteiger partial charge in [-0.2, -0.15) is 0 Å². The van der Waals surface area contributed by atoms with E-state index in [-0.39, 0.29) is 18.9 Å². The molecule has 1 rings (SSSR count). The van der Waals surface area contributed by atoms with Crippen LogP contribution in [0.15, 0.2) is 24.3 Å². The number of nitrogens with one attached hydrogen (secondary N) is 2. The van der Waals surface area contributed by atoms with Crippen LogP contribution in [-0.4, -0.2) is 30.3 Å². The SMILES string of the molecule is CCOC(=O)CNC(=O)NCc1ccc(O)cc1. The average Bonchev–Trinajstić information content (AvgIpc) is 2.36. The number of hydrogen-bond donors (Lipinski definition) is 3. The Balaban J connectivity index is 2.24. The summed E-state index contributed by atoms with van der Waals surface area (Å²) in [6.07, 6.45) is 0. The summed E-state index contributed by atoms with van der Waals surface area (Å²) in [5.74, 6) is -0.303. The first-order valence-electron chi connectivity index (χ1n) is 5.57. The van der Waals surface area contributed by atoms with E-state index in [4.69, 9.17) is 5.11 Å². The van der Waals surface area contributed by atoms with Crippen LogP contribution in [0.2, 0.25) is 0 Å². The first kappa shape index (κ1) is 13.8. The normalized spacial score (nSPS) is 9.61. The Morgan fingerprint density at radius 2 is 1.89 bits per heavy atom. The van der Waals surface area contributed by atoms with Gasteiger partial charge in [0.25, 0.3) is 0 Å². The summed E-state index contributed by atoms with van der Waals surface area (Å²) >= 11 is 0. The van der Waals surface area contributed by atoms with Gasteiger partial charge < -0.3 is 20.5 Å². The van der Waals surface area contributed by atoms with Gasteiger partial charge in [-0.1, -0.05) is 12.1 Å². The average molecular weight is 252 g/mol. The van der Waals surface area contributed by atoms with E-state index in [9.17, 15) is 9.59 Å². The van der Waals surface area contributed by atoms with Crippen LogP contribution in [0.3, 0.4) is 0 Å². The molecule has 0 unspecified atom stereocenters. The smallest absolute Gasteiger partial charge is 0.325 e. The van der Waals surface area contributed by atoms with Crippen molar-refractivity contribution in [1.82, 2.24) is 10.6 Å². The fourth-order valence-electron chi connectivity index (χ4n) is 1.22. The second kappa shape index (κ2) is 7.16. The maximum absolute atomic E-state index is 11.3. The molecule has 0 aliphatic carbocycles. The Labute approximate surface area is 105 Å². The number of phenolic OH excluding ortho intramolecular Hbond substituents is 1. The van der Waals surface area contributed by atoms with Crippen molar-refractivity contribution in [2.75, 3.05) is 13.2 Å². The first-order valence-corrected chi connectivity index (χ1v) is 5.57. The molecule has 0 aliphatic rings. The second-order valence-electron chi connectivity index (χ2n) is 3.51. The Kier molecular flexibility index (Phi) is 5.50. The molecule has 0 aromatic heterocycles. The summed E-state index contributed by atoms with van der Waals surface area (Å²) in [5.41, 5.74) is 0.846. The number of carbonyl (C=O) groups excluding carboxylic acids is 2. The van der Waals surface area contributed by atoms with E-state index >= 15 is 0 Å². The minimum Gasteiger partial charge on any atom is -0.508 e. The van der Waals surface area contributed by atoms with Gasteiger partial charge in [0.15, 0.2) is 0 Å². The highest BCUT2D eigenvalue weighted by molar-refractivity contribution is 5.80. The van der Waals surface area contributed by atoms with Gasteiger partial charge in [0.2, 0.25) is 0 Å². The van der Waals surface area contributed by atoms with Gasteiger partial charge in [-0.3, -0.25) is 4.79 Å². The van der Waals surface area contributed by atoms with E-state index in [2.05, 4.69) is 15.4 Å². The topological polar surface area (TPSA) is 87.7 Å². The highest BCUT2D eigenvalue weighted by Gasteiger charge is 2.05. The minimum absolute atomic E-state index is 0.157. The maximum Gasteiger partial charge on any atom is 0.325 e. The lowest BCUT2D eigenvalue weighted by Crippen LogP contribution is -2.38. The lowest BCUT2D eigenvalue weighted by molar-refractivity contribution is -0.141. The van der Waals surface area contributed by atoms with Gasteiger partial charge in [0, 0.05) is 6.54 Å². The predicted octanol–water partition coefficient (Wildman–Crippen LogP) is 0.754. The van der Waals surface area contributed by atoms with Crippen molar-refractivity contribution in [3.05, 3.63) is 29.8 Å². The van der Waals surface area contributed by atoms with Crippen molar-refractivity contribution in [2.24, 2.45) is 0 Å². The molecule has 0 heterocycles. The number of amides is 2. The molecule has 0 spiro atoms. The van der Waals surface area contributed by atoms with E-state index in [1.165, 1.54) is 12.1 Å². The fourth-order valence-corrected chi connectivity index (χ4v) is 1.22. The summed E-state index contributed by atoms with van der Waals surface area (Å²) in [5, 5.41) is 14.0. The molecule has 18 heavy (non-hydrogen) atoms. The molecule has 3 N–H and O–H groups in total. The summed E-state index contributed by atoms with van der Waals surface area (Å²) in [6, 6.07) is 6.01. The van der Waals surface area contributed by atoms with Crippen LogP contribution in [0, 0.1) is 0 Å². The van der Waals surface area contributed by atoms with Gasteiger partial charge in [-0.05, 0) is 24.6 Å². The highest BCUT2D eigenvalue weighted by atomic mass is 16.5. The molecular formula is C12H16N2O4. The van der Waals surface area contributed by atoms with Crippen molar-refractivity contribution in [3.8, 4) is 5.75 Å². The molecule has 0 saturated heterocycles. The Bertz CT molecular complexity index is 403. The minimum atomic E-state index is -0.475. The monoisotopic (exact) mass is 252 g/mol. The zero-order valence-corrected chi connectivity index (χ0v) is 10.1. The largest absolute Gasteiger partial charge is 0.508 e. The predicted molar refractivity (Wildman–Crippen MR) is 65.0 cm³/mol. The van der Waals surface area contributed by atoms with E-state index < -0.39 is 12.0 Å². The molecule has 6 nitrogen and oxygen atoms in total. The van der Waals surface area contributed by atoms with Crippen LogP contribution in [0.1, 0.15) is 12.5 Å². The van der Waals surface area contributed by atoms with Crippen molar-refractivity contribution in [1.29, 1.82) is 0 Å². The molecule has 0 bridgehead atoms. The summed E-state index contributed by atoms with van der Waals surface area (Å²) in [6.45, 7) is 2.14. The molecule has 1 aromatic carbocycles. The van der Waals surface area contributed by atoms with E-state index in [1.807, 2.05) is 0 Å². The van der Waals surface area contributed by atoms with Crippen molar-refractivity contribution < 1.29 is 19.4 Å². The highest BCUT2D eigenvalue weighted by Crippen LogP contribution is 2.08. The number of esters is 1. The van der Waals surface area contributed by atoms with E-state index in [0.29, 0.717) is 6.54 Å². The summed E-state index contributed by atoms with van der Waals surface area (Å²) < 4.78 is 4.66. The lowest BCUT2D eigenvalue weighted by atomic mass is 10.2. The molecule has 0 radical (unpaired) electrons. The number of phenols is 1. The van der Waals surface area contributed by atoms with Crippen LogP contribution >= 0.6 is 0 Å². The molecule has 98 valence electrons. The summed E-state index contributed by atoms with van der Waals surface area (Å²) in [7, 11) is 0. The van der Waals surface area contributed by atoms with Crippen LogP contribution in [0.4, 0.5) is 4.79 Å². The molecule has 0 aliphatic heterocycles. The van der Waals surface area contributed by atoms with Crippen LogP contribution in [0.5, 0.6) is 5.75 Å². The van der Waals surface area contributed by atoms with Gasteiger partial charge in [0.1, 0.15) is 12.3 Å². The zero-order valence-electron chi connectivity index (χ0n) is 10.1. The number of aromatic hydroxyl groups is 1. The van der Waals surface area contributed by atoms with Crippen LogP contribution in [-0.2, 0) is 16.1 Å². The van der Waals surface area contributed by atoms with Crippen LogP contribution in [0.25, 0.3) is 0 Å². The molecule has 0 saturated carbocycles. The number of ether oxygens (including phenoxy) is 1. The second-order valence-corrected chi connectivity index (χ2v) is 3.51. The zero-order chi connectivity index (χ0) is 13.4. The number of hydrogen-bond acceptors (Lipinski definition) is 4. The van der Waals surface area contributed by atoms with Gasteiger partial charge >= 0.3 is 12.0 Å². The van der Waals surface area contributed by atoms with Crippen molar-refractivity contribution >= 4 is 12.0 Å². The molecular weight excluding hydrogens is 236 g/mol. The van der Waals surface area contributed by atoms with Crippen LogP contribution < -0.4 is 10.6 Å². The Hall–Kier alpha value is -2.24. The maximum atomic E-state index is 11.3. The van der Waals surface area contributed by atoms with E-state index in [1.54, 1.807) is 19.1 Å². The third-order valence-corrected chi connectivity index (χ3v) is 2.09. The van der Waals surface area contributed by atoms with Gasteiger partial charge in [0.05, 0.1) is 6.61 Å². The number of carbonyl (C=O) groups is 2. The Morgan fingerprint density at radius 1 is 1.22 bits per heavy atom. The molecule has 6 heteroatoms. The van der Waals surface area contributed by atoms with Crippen molar-refractivity contribution in [2.45, 2.75) is 13.5 Å². The fraction of sp³-hybridized carbons (Fsp3) is 0.333. The van der Waals surface area contributed by atoms with E-state index in [0.717, 1.165) is 5.56 Å². The quantitative estimate of drug-likeness (QED) is 0.675. The first-order chi connectivity index (χ1) is 8.61. The number of benzene rings is 1. The van der Waals surface area contributed by atoms with Gasteiger partial charge in [-0.15, -0.1) is 0 Å². The van der Waals surface area contributed by atoms with Crippen molar-refractivity contribution in [3.63, 3.8) is 0 Å². The number of rotatable bonds is 5. The third-order valence-electron chi connectivity index (χ3n) is 2.09. The molecule has 0 atom stereocenters. The third kappa shape index (κ3) is 5.20. The molecule has 1 aromatic rings. The Morgan fingerprint density at radius 3 is 2.50 bits per heavy atom.